The molecule has 0 spiro atoms. The van der Waals surface area contributed by atoms with Gasteiger partial charge in [0.25, 0.3) is 0 Å². The molecular weight excluding hydrogens is 281 g/mol. The van der Waals surface area contributed by atoms with Crippen LogP contribution in [0.25, 0.3) is 0 Å². The van der Waals surface area contributed by atoms with Gasteiger partial charge < -0.3 is 5.73 Å². The maximum absolute atomic E-state index is 13.2. The van der Waals surface area contributed by atoms with Crippen LogP contribution in [-0.2, 0) is 10.5 Å². The highest BCUT2D eigenvalue weighted by molar-refractivity contribution is 9.10. The molecule has 0 aromatic heterocycles. The van der Waals surface area contributed by atoms with Crippen LogP contribution in [0.2, 0.25) is 0 Å². The van der Waals surface area contributed by atoms with Crippen molar-refractivity contribution in [3.63, 3.8) is 0 Å². The summed E-state index contributed by atoms with van der Waals surface area (Å²) in [5.41, 5.74) is 5.63. The summed E-state index contributed by atoms with van der Waals surface area (Å²) < 4.78 is 14.1. The third kappa shape index (κ3) is 4.66. The van der Waals surface area contributed by atoms with E-state index in [1.165, 1.54) is 17.8 Å². The first-order chi connectivity index (χ1) is 7.09. The Balaban J connectivity index is 2.43. The number of amides is 1. The van der Waals surface area contributed by atoms with Gasteiger partial charge in [-0.3, -0.25) is 4.79 Å². The fraction of sp³-hybridized carbons (Fsp3) is 0.300. The molecule has 0 radical (unpaired) electrons. The van der Waals surface area contributed by atoms with Crippen LogP contribution in [0, 0.1) is 5.82 Å². The SMILES string of the molecule is NC(=O)CCSCc1cc(Br)ccc1F. The van der Waals surface area contributed by atoms with Crippen molar-refractivity contribution in [3.05, 3.63) is 34.1 Å². The summed E-state index contributed by atoms with van der Waals surface area (Å²) in [4.78, 5) is 10.5. The van der Waals surface area contributed by atoms with Gasteiger partial charge in [0, 0.05) is 22.4 Å². The minimum Gasteiger partial charge on any atom is -0.370 e. The van der Waals surface area contributed by atoms with Gasteiger partial charge in [-0.1, -0.05) is 15.9 Å². The molecule has 0 aliphatic rings. The molecule has 5 heteroatoms. The standard InChI is InChI=1S/C10H11BrFNOS/c11-8-1-2-9(12)7(5-8)6-15-4-3-10(13)14/h1-2,5H,3-4,6H2,(H2,13,14). The lowest BCUT2D eigenvalue weighted by molar-refractivity contribution is -0.117. The number of hydrogen-bond acceptors (Lipinski definition) is 2. The fourth-order valence-electron chi connectivity index (χ4n) is 1.01. The highest BCUT2D eigenvalue weighted by Gasteiger charge is 2.03. The third-order valence-corrected chi connectivity index (χ3v) is 3.26. The van der Waals surface area contributed by atoms with Gasteiger partial charge in [0.05, 0.1) is 0 Å². The lowest BCUT2D eigenvalue weighted by Gasteiger charge is -2.03. The van der Waals surface area contributed by atoms with Crippen molar-refractivity contribution in [1.29, 1.82) is 0 Å². The van der Waals surface area contributed by atoms with Crippen molar-refractivity contribution in [2.75, 3.05) is 5.75 Å². The Morgan fingerprint density at radius 1 is 1.53 bits per heavy atom. The zero-order chi connectivity index (χ0) is 11.3. The molecule has 1 aromatic rings. The van der Waals surface area contributed by atoms with Gasteiger partial charge in [-0.25, -0.2) is 4.39 Å². The van der Waals surface area contributed by atoms with Crippen molar-refractivity contribution >= 4 is 33.6 Å². The first kappa shape index (κ1) is 12.5. The molecule has 2 nitrogen and oxygen atoms in total. The minimum atomic E-state index is -0.322. The normalized spacial score (nSPS) is 10.3. The Kier molecular flexibility index (Phi) is 5.11. The molecule has 0 saturated carbocycles. The van der Waals surface area contributed by atoms with Crippen LogP contribution in [0.3, 0.4) is 0 Å². The molecule has 0 saturated heterocycles. The van der Waals surface area contributed by atoms with Gasteiger partial charge in [-0.05, 0) is 23.8 Å². The van der Waals surface area contributed by atoms with Crippen LogP contribution in [0.4, 0.5) is 4.39 Å². The molecule has 0 heterocycles. The number of thioether (sulfide) groups is 1. The molecule has 1 amide bonds. The summed E-state index contributed by atoms with van der Waals surface area (Å²) in [6, 6.07) is 4.83. The number of carbonyl (C=O) groups is 1. The summed E-state index contributed by atoms with van der Waals surface area (Å²) in [7, 11) is 0. The van der Waals surface area contributed by atoms with Crippen molar-refractivity contribution < 1.29 is 9.18 Å². The number of hydrogen-bond donors (Lipinski definition) is 1. The summed E-state index contributed by atoms with van der Waals surface area (Å²) >= 11 is 4.77. The second-order valence-electron chi connectivity index (χ2n) is 3.00. The van der Waals surface area contributed by atoms with Crippen molar-refractivity contribution in [2.24, 2.45) is 5.73 Å². The van der Waals surface area contributed by atoms with E-state index < -0.39 is 0 Å². The number of primary amides is 1. The predicted octanol–water partition coefficient (Wildman–Crippen LogP) is 2.70. The quantitative estimate of drug-likeness (QED) is 0.848. The second-order valence-corrected chi connectivity index (χ2v) is 5.03. The first-order valence-corrected chi connectivity index (χ1v) is 6.34. The molecule has 0 unspecified atom stereocenters. The van der Waals surface area contributed by atoms with Gasteiger partial charge in [-0.15, -0.1) is 0 Å². The monoisotopic (exact) mass is 291 g/mol. The topological polar surface area (TPSA) is 43.1 Å². The highest BCUT2D eigenvalue weighted by Crippen LogP contribution is 2.20. The van der Waals surface area contributed by atoms with Gasteiger partial charge in [-0.2, -0.15) is 11.8 Å². The van der Waals surface area contributed by atoms with Gasteiger partial charge in [0.1, 0.15) is 5.82 Å². The largest absolute Gasteiger partial charge is 0.370 e. The molecular formula is C10H11BrFNOS. The average molecular weight is 292 g/mol. The predicted molar refractivity (Wildman–Crippen MR) is 64.1 cm³/mol. The van der Waals surface area contributed by atoms with E-state index in [0.717, 1.165) is 4.47 Å². The smallest absolute Gasteiger partial charge is 0.218 e. The van der Waals surface area contributed by atoms with E-state index >= 15 is 0 Å². The Hall–Kier alpha value is -0.550. The van der Waals surface area contributed by atoms with Gasteiger partial charge in [0.15, 0.2) is 0 Å². The zero-order valence-corrected chi connectivity index (χ0v) is 10.4. The number of carbonyl (C=O) groups excluding carboxylic acids is 1. The molecule has 0 atom stereocenters. The van der Waals surface area contributed by atoms with E-state index in [1.807, 2.05) is 0 Å². The molecule has 2 N–H and O–H groups in total. The number of nitrogens with two attached hydrogens (primary N) is 1. The van der Waals surface area contributed by atoms with Gasteiger partial charge >= 0.3 is 0 Å². The number of benzene rings is 1. The Morgan fingerprint density at radius 3 is 2.93 bits per heavy atom. The second kappa shape index (κ2) is 6.12. The molecule has 1 aromatic carbocycles. The van der Waals surface area contributed by atoms with E-state index in [-0.39, 0.29) is 11.7 Å². The lowest BCUT2D eigenvalue weighted by Crippen LogP contribution is -2.10. The van der Waals surface area contributed by atoms with Crippen molar-refractivity contribution in [1.82, 2.24) is 0 Å². The van der Waals surface area contributed by atoms with Crippen molar-refractivity contribution in [3.8, 4) is 0 Å². The van der Waals surface area contributed by atoms with Crippen LogP contribution in [-0.4, -0.2) is 11.7 Å². The zero-order valence-electron chi connectivity index (χ0n) is 8.00. The fourth-order valence-corrected chi connectivity index (χ4v) is 2.35. The van der Waals surface area contributed by atoms with E-state index in [4.69, 9.17) is 5.73 Å². The van der Waals surface area contributed by atoms with Crippen LogP contribution in [0.15, 0.2) is 22.7 Å². The van der Waals surface area contributed by atoms with Crippen LogP contribution >= 0.6 is 27.7 Å². The Morgan fingerprint density at radius 2 is 2.27 bits per heavy atom. The molecule has 0 bridgehead atoms. The molecule has 15 heavy (non-hydrogen) atoms. The molecule has 0 fully saturated rings. The van der Waals surface area contributed by atoms with E-state index in [0.29, 0.717) is 23.5 Å². The number of halogens is 2. The number of rotatable bonds is 5. The summed E-state index contributed by atoms with van der Waals surface area (Å²) in [6.45, 7) is 0. The maximum Gasteiger partial charge on any atom is 0.218 e. The maximum atomic E-state index is 13.2. The average Bonchev–Trinajstić information content (AvgIpc) is 2.17. The Labute approximate surface area is 101 Å². The minimum absolute atomic E-state index is 0.218. The molecule has 1 rings (SSSR count). The summed E-state index contributed by atoms with van der Waals surface area (Å²) in [5.74, 6) is 0.641. The summed E-state index contributed by atoms with van der Waals surface area (Å²) in [5, 5.41) is 0. The Bertz CT molecular complexity index is 359. The van der Waals surface area contributed by atoms with Crippen LogP contribution in [0.1, 0.15) is 12.0 Å². The molecule has 0 aliphatic carbocycles. The van der Waals surface area contributed by atoms with E-state index in [9.17, 15) is 9.18 Å². The molecule has 82 valence electrons. The van der Waals surface area contributed by atoms with Crippen LogP contribution < -0.4 is 5.73 Å². The van der Waals surface area contributed by atoms with E-state index in [1.54, 1.807) is 12.1 Å². The lowest BCUT2D eigenvalue weighted by atomic mass is 10.2. The van der Waals surface area contributed by atoms with E-state index in [2.05, 4.69) is 15.9 Å². The first-order valence-electron chi connectivity index (χ1n) is 4.39. The van der Waals surface area contributed by atoms with Crippen molar-refractivity contribution in [2.45, 2.75) is 12.2 Å². The highest BCUT2D eigenvalue weighted by atomic mass is 79.9. The molecule has 0 aliphatic heterocycles. The van der Waals surface area contributed by atoms with Crippen LogP contribution in [0.5, 0.6) is 0 Å². The summed E-state index contributed by atoms with van der Waals surface area (Å²) in [6.07, 6.45) is 0.334. The van der Waals surface area contributed by atoms with Gasteiger partial charge in [0.2, 0.25) is 5.91 Å². The third-order valence-electron chi connectivity index (χ3n) is 1.76.